The smallest absolute Gasteiger partial charge is 0.322 e. The van der Waals surface area contributed by atoms with Gasteiger partial charge in [0.05, 0.1) is 0 Å². The number of urea groups is 1. The van der Waals surface area contributed by atoms with Crippen molar-refractivity contribution in [2.24, 2.45) is 0 Å². The molecule has 1 heterocycles. The number of benzene rings is 2. The molecule has 1 aliphatic heterocycles. The van der Waals surface area contributed by atoms with Crippen LogP contribution in [0.3, 0.4) is 0 Å². The number of rotatable bonds is 4. The normalized spacial score (nSPS) is 13.3. The van der Waals surface area contributed by atoms with Gasteiger partial charge < -0.3 is 10.2 Å². The van der Waals surface area contributed by atoms with Crippen LogP contribution in [0.1, 0.15) is 16.7 Å². The van der Waals surface area contributed by atoms with Crippen molar-refractivity contribution in [2.75, 3.05) is 25.5 Å². The van der Waals surface area contributed by atoms with Crippen LogP contribution in [0.5, 0.6) is 0 Å². The van der Waals surface area contributed by atoms with Gasteiger partial charge in [-0.15, -0.1) is 0 Å². The first kappa shape index (κ1) is 15.6. The van der Waals surface area contributed by atoms with Gasteiger partial charge in [-0.1, -0.05) is 42.5 Å². The van der Waals surface area contributed by atoms with Gasteiger partial charge in [-0.25, -0.2) is 4.79 Å². The second-order valence-electron chi connectivity index (χ2n) is 6.24. The van der Waals surface area contributed by atoms with Gasteiger partial charge in [-0.2, -0.15) is 0 Å². The molecule has 3 rings (SSSR count). The summed E-state index contributed by atoms with van der Waals surface area (Å²) in [7, 11) is 4.12. The van der Waals surface area contributed by atoms with Crippen LogP contribution in [-0.4, -0.2) is 31.6 Å². The van der Waals surface area contributed by atoms with E-state index in [-0.39, 0.29) is 6.03 Å². The molecule has 0 fully saturated rings. The molecule has 0 aromatic heterocycles. The summed E-state index contributed by atoms with van der Waals surface area (Å²) in [6.45, 7) is 2.24. The minimum Gasteiger partial charge on any atom is -0.334 e. The van der Waals surface area contributed by atoms with E-state index in [1.54, 1.807) is 0 Å². The summed E-state index contributed by atoms with van der Waals surface area (Å²) in [5.41, 5.74) is 4.67. The number of fused-ring (bicyclic) bond motifs is 1. The number of amides is 2. The number of para-hydroxylation sites is 1. The number of hydrogen-bond acceptors (Lipinski definition) is 2. The monoisotopic (exact) mass is 309 g/mol. The van der Waals surface area contributed by atoms with Crippen molar-refractivity contribution in [2.45, 2.75) is 19.5 Å². The van der Waals surface area contributed by atoms with E-state index in [9.17, 15) is 4.79 Å². The lowest BCUT2D eigenvalue weighted by atomic mass is 10.1. The molecule has 2 aromatic rings. The van der Waals surface area contributed by atoms with Gasteiger partial charge in [0, 0.05) is 25.3 Å². The topological polar surface area (TPSA) is 35.6 Å². The molecule has 2 aromatic carbocycles. The molecule has 4 nitrogen and oxygen atoms in total. The second kappa shape index (κ2) is 6.84. The molecule has 1 N–H and O–H groups in total. The van der Waals surface area contributed by atoms with Gasteiger partial charge in [-0.3, -0.25) is 4.90 Å². The maximum atomic E-state index is 12.4. The van der Waals surface area contributed by atoms with Crippen LogP contribution in [-0.2, 0) is 19.5 Å². The Labute approximate surface area is 137 Å². The molecule has 1 aliphatic rings. The molecule has 0 spiro atoms. The molecule has 0 atom stereocenters. The maximum absolute atomic E-state index is 12.4. The first-order chi connectivity index (χ1) is 11.1. The summed E-state index contributed by atoms with van der Waals surface area (Å²) in [4.78, 5) is 16.4. The fourth-order valence-corrected chi connectivity index (χ4v) is 2.95. The number of hydrogen-bond donors (Lipinski definition) is 1. The number of carbonyl (C=O) groups is 1. The molecule has 2 amide bonds. The summed E-state index contributed by atoms with van der Waals surface area (Å²) in [6.07, 6.45) is 0.933. The standard InChI is InChI=1S/C19H23N3O/c1-21(2)14-16-9-7-15(8-10-16)13-20-19(23)22-12-11-17-5-3-4-6-18(17)22/h3-10H,11-14H2,1-2H3,(H,20,23). The van der Waals surface area contributed by atoms with Crippen LogP contribution in [0.15, 0.2) is 48.5 Å². The van der Waals surface area contributed by atoms with E-state index < -0.39 is 0 Å². The van der Waals surface area contributed by atoms with E-state index in [1.807, 2.05) is 23.1 Å². The predicted molar refractivity (Wildman–Crippen MR) is 93.6 cm³/mol. The third kappa shape index (κ3) is 3.71. The lowest BCUT2D eigenvalue weighted by Crippen LogP contribution is -2.38. The SMILES string of the molecule is CN(C)Cc1ccc(CNC(=O)N2CCc3ccccc32)cc1. The highest BCUT2D eigenvalue weighted by atomic mass is 16.2. The van der Waals surface area contributed by atoms with Crippen LogP contribution >= 0.6 is 0 Å². The highest BCUT2D eigenvalue weighted by molar-refractivity contribution is 5.94. The first-order valence-electron chi connectivity index (χ1n) is 7.99. The minimum atomic E-state index is -0.0210. The van der Waals surface area contributed by atoms with Gasteiger partial charge >= 0.3 is 6.03 Å². The Morgan fingerprint density at radius 2 is 1.78 bits per heavy atom. The Morgan fingerprint density at radius 3 is 2.52 bits per heavy atom. The Morgan fingerprint density at radius 1 is 1.09 bits per heavy atom. The highest BCUT2D eigenvalue weighted by Crippen LogP contribution is 2.27. The molecule has 0 aliphatic carbocycles. The molecule has 120 valence electrons. The van der Waals surface area contributed by atoms with Crippen molar-refractivity contribution in [3.05, 3.63) is 65.2 Å². The van der Waals surface area contributed by atoms with Crippen LogP contribution in [0, 0.1) is 0 Å². The van der Waals surface area contributed by atoms with Crippen molar-refractivity contribution >= 4 is 11.7 Å². The second-order valence-corrected chi connectivity index (χ2v) is 6.24. The summed E-state index contributed by atoms with van der Waals surface area (Å²) < 4.78 is 0. The lowest BCUT2D eigenvalue weighted by molar-refractivity contribution is 0.246. The summed E-state index contributed by atoms with van der Waals surface area (Å²) >= 11 is 0. The zero-order valence-electron chi connectivity index (χ0n) is 13.7. The molecule has 0 unspecified atom stereocenters. The summed E-state index contributed by atoms with van der Waals surface area (Å²) in [6, 6.07) is 16.5. The highest BCUT2D eigenvalue weighted by Gasteiger charge is 2.23. The van der Waals surface area contributed by atoms with E-state index in [1.165, 1.54) is 11.1 Å². The molecule has 23 heavy (non-hydrogen) atoms. The van der Waals surface area contributed by atoms with Crippen LogP contribution in [0.2, 0.25) is 0 Å². The third-order valence-corrected chi connectivity index (χ3v) is 4.10. The third-order valence-electron chi connectivity index (χ3n) is 4.10. The molecule has 0 bridgehead atoms. The Hall–Kier alpha value is -2.33. The zero-order chi connectivity index (χ0) is 16.2. The van der Waals surface area contributed by atoms with Crippen molar-refractivity contribution in [3.8, 4) is 0 Å². The van der Waals surface area contributed by atoms with Gasteiger partial charge in [0.15, 0.2) is 0 Å². The first-order valence-corrected chi connectivity index (χ1v) is 7.99. The van der Waals surface area contributed by atoms with Gasteiger partial charge in [0.1, 0.15) is 0 Å². The van der Waals surface area contributed by atoms with Gasteiger partial charge in [0.2, 0.25) is 0 Å². The fourth-order valence-electron chi connectivity index (χ4n) is 2.95. The molecular formula is C19H23N3O. The van der Waals surface area contributed by atoms with Crippen LogP contribution < -0.4 is 10.2 Å². The minimum absolute atomic E-state index is 0.0210. The van der Waals surface area contributed by atoms with Crippen molar-refractivity contribution in [1.82, 2.24) is 10.2 Å². The average molecular weight is 309 g/mol. The molecular weight excluding hydrogens is 286 g/mol. The van der Waals surface area contributed by atoms with Crippen LogP contribution in [0.25, 0.3) is 0 Å². The van der Waals surface area contributed by atoms with Crippen molar-refractivity contribution in [1.29, 1.82) is 0 Å². The summed E-state index contributed by atoms with van der Waals surface area (Å²) in [5.74, 6) is 0. The van der Waals surface area contributed by atoms with E-state index in [0.29, 0.717) is 6.54 Å². The lowest BCUT2D eigenvalue weighted by Gasteiger charge is -2.18. The summed E-state index contributed by atoms with van der Waals surface area (Å²) in [5, 5.41) is 3.02. The van der Waals surface area contributed by atoms with Gasteiger partial charge in [-0.05, 0) is 43.3 Å². The number of carbonyl (C=O) groups excluding carboxylic acids is 1. The predicted octanol–water partition coefficient (Wildman–Crippen LogP) is 3.02. The van der Waals surface area contributed by atoms with E-state index in [0.717, 1.165) is 30.8 Å². The van der Waals surface area contributed by atoms with E-state index in [2.05, 4.69) is 54.6 Å². The Bertz CT molecular complexity index is 679. The van der Waals surface area contributed by atoms with Crippen molar-refractivity contribution < 1.29 is 4.79 Å². The molecule has 4 heteroatoms. The van der Waals surface area contributed by atoms with Crippen LogP contribution in [0.4, 0.5) is 10.5 Å². The number of anilines is 1. The van der Waals surface area contributed by atoms with E-state index in [4.69, 9.17) is 0 Å². The number of nitrogens with zero attached hydrogens (tertiary/aromatic N) is 2. The molecule has 0 saturated carbocycles. The fraction of sp³-hybridized carbons (Fsp3) is 0.316. The molecule has 0 radical (unpaired) electrons. The van der Waals surface area contributed by atoms with Gasteiger partial charge in [0.25, 0.3) is 0 Å². The largest absolute Gasteiger partial charge is 0.334 e. The Kier molecular flexibility index (Phi) is 4.63. The Balaban J connectivity index is 1.57. The number of nitrogens with one attached hydrogen (secondary N) is 1. The zero-order valence-corrected chi connectivity index (χ0v) is 13.7. The average Bonchev–Trinajstić information content (AvgIpc) is 2.97. The quantitative estimate of drug-likeness (QED) is 0.942. The maximum Gasteiger partial charge on any atom is 0.322 e. The van der Waals surface area contributed by atoms with Crippen molar-refractivity contribution in [3.63, 3.8) is 0 Å². The van der Waals surface area contributed by atoms with E-state index >= 15 is 0 Å². The molecule has 0 saturated heterocycles.